The highest BCUT2D eigenvalue weighted by molar-refractivity contribution is 7.15. The summed E-state index contributed by atoms with van der Waals surface area (Å²) in [5, 5.41) is 0. The first kappa shape index (κ1) is 14.4. The van der Waals surface area contributed by atoms with Crippen molar-refractivity contribution in [3.63, 3.8) is 0 Å². The summed E-state index contributed by atoms with van der Waals surface area (Å²) in [5.74, 6) is 7.01. The van der Waals surface area contributed by atoms with Crippen LogP contribution in [0.3, 0.4) is 0 Å². The number of ether oxygens (including phenoxy) is 1. The Morgan fingerprint density at radius 2 is 2.10 bits per heavy atom. The molecule has 0 aromatic carbocycles. The first-order valence-electron chi connectivity index (χ1n) is 7.04. The number of nitrogens with one attached hydrogen (secondary N) is 1. The standard InChI is InChI=1S/C15H20N4OS/c1-15(2,3)12-5-4-11(21-12)14-17-10-6-7-20-8-9(10)13(18-14)19-16/h4-5H,6-8,16H2,1-3H3,(H,17,18,19). The zero-order valence-electron chi connectivity index (χ0n) is 12.6. The van der Waals surface area contributed by atoms with E-state index in [1.54, 1.807) is 11.3 Å². The van der Waals surface area contributed by atoms with Crippen molar-refractivity contribution >= 4 is 17.2 Å². The highest BCUT2D eigenvalue weighted by Crippen LogP contribution is 2.35. The summed E-state index contributed by atoms with van der Waals surface area (Å²) in [4.78, 5) is 11.7. The van der Waals surface area contributed by atoms with Gasteiger partial charge in [-0.3, -0.25) is 0 Å². The van der Waals surface area contributed by atoms with Crippen molar-refractivity contribution in [1.29, 1.82) is 0 Å². The van der Waals surface area contributed by atoms with Gasteiger partial charge in [-0.15, -0.1) is 11.3 Å². The van der Waals surface area contributed by atoms with Crippen molar-refractivity contribution in [2.45, 2.75) is 39.2 Å². The van der Waals surface area contributed by atoms with Gasteiger partial charge >= 0.3 is 0 Å². The fourth-order valence-electron chi connectivity index (χ4n) is 2.32. The number of anilines is 1. The van der Waals surface area contributed by atoms with Gasteiger partial charge in [0.15, 0.2) is 5.82 Å². The molecule has 0 aliphatic carbocycles. The zero-order chi connectivity index (χ0) is 15.0. The zero-order valence-corrected chi connectivity index (χ0v) is 13.4. The quantitative estimate of drug-likeness (QED) is 0.659. The van der Waals surface area contributed by atoms with Gasteiger partial charge < -0.3 is 10.2 Å². The number of nitrogens with two attached hydrogens (primary N) is 1. The Morgan fingerprint density at radius 3 is 2.76 bits per heavy atom. The van der Waals surface area contributed by atoms with E-state index >= 15 is 0 Å². The number of hydrazine groups is 1. The maximum Gasteiger partial charge on any atom is 0.171 e. The van der Waals surface area contributed by atoms with Gasteiger partial charge in [0, 0.05) is 16.9 Å². The molecule has 0 amide bonds. The summed E-state index contributed by atoms with van der Waals surface area (Å²) in [6, 6.07) is 4.24. The second-order valence-corrected chi connectivity index (χ2v) is 7.27. The van der Waals surface area contributed by atoms with E-state index in [1.165, 1.54) is 4.88 Å². The van der Waals surface area contributed by atoms with E-state index in [1.807, 2.05) is 0 Å². The minimum Gasteiger partial charge on any atom is -0.376 e. The van der Waals surface area contributed by atoms with Gasteiger partial charge in [-0.1, -0.05) is 20.8 Å². The highest BCUT2D eigenvalue weighted by atomic mass is 32.1. The SMILES string of the molecule is CC(C)(C)c1ccc(-c2nc3c(c(NN)n2)COCC3)s1. The van der Waals surface area contributed by atoms with Gasteiger partial charge in [0.05, 0.1) is 23.8 Å². The number of thiophene rings is 1. The van der Waals surface area contributed by atoms with Crippen LogP contribution in [-0.2, 0) is 23.2 Å². The molecular weight excluding hydrogens is 284 g/mol. The van der Waals surface area contributed by atoms with E-state index in [0.717, 1.165) is 28.4 Å². The van der Waals surface area contributed by atoms with Gasteiger partial charge in [-0.05, 0) is 17.5 Å². The molecule has 0 saturated carbocycles. The van der Waals surface area contributed by atoms with Gasteiger partial charge in [0.2, 0.25) is 0 Å². The lowest BCUT2D eigenvalue weighted by Crippen LogP contribution is -2.19. The van der Waals surface area contributed by atoms with Crippen LogP contribution in [0, 0.1) is 0 Å². The van der Waals surface area contributed by atoms with Crippen molar-refractivity contribution < 1.29 is 4.74 Å². The Morgan fingerprint density at radius 1 is 1.29 bits per heavy atom. The molecule has 1 aliphatic heterocycles. The Balaban J connectivity index is 2.04. The predicted molar refractivity (Wildman–Crippen MR) is 85.2 cm³/mol. The molecule has 3 heterocycles. The predicted octanol–water partition coefficient (Wildman–Crippen LogP) is 2.86. The molecule has 0 bridgehead atoms. The lowest BCUT2D eigenvalue weighted by molar-refractivity contribution is 0.109. The number of hydrogen-bond donors (Lipinski definition) is 2. The van der Waals surface area contributed by atoms with E-state index in [9.17, 15) is 0 Å². The average molecular weight is 304 g/mol. The molecule has 3 rings (SSSR count). The molecule has 0 unspecified atom stereocenters. The third-order valence-electron chi connectivity index (χ3n) is 3.52. The summed E-state index contributed by atoms with van der Waals surface area (Å²) < 4.78 is 5.46. The minimum atomic E-state index is 0.139. The molecule has 21 heavy (non-hydrogen) atoms. The largest absolute Gasteiger partial charge is 0.376 e. The summed E-state index contributed by atoms with van der Waals surface area (Å²) in [7, 11) is 0. The Labute approximate surface area is 128 Å². The molecule has 5 nitrogen and oxygen atoms in total. The highest BCUT2D eigenvalue weighted by Gasteiger charge is 2.21. The number of rotatable bonds is 2. The molecule has 3 N–H and O–H groups in total. The van der Waals surface area contributed by atoms with Crippen LogP contribution < -0.4 is 11.3 Å². The first-order valence-corrected chi connectivity index (χ1v) is 7.85. The lowest BCUT2D eigenvalue weighted by Gasteiger charge is -2.19. The maximum atomic E-state index is 5.60. The molecule has 2 aromatic heterocycles. The van der Waals surface area contributed by atoms with Crippen LogP contribution in [0.5, 0.6) is 0 Å². The average Bonchev–Trinajstić information content (AvgIpc) is 2.96. The Hall–Kier alpha value is -1.50. The minimum absolute atomic E-state index is 0.139. The van der Waals surface area contributed by atoms with Crippen molar-refractivity contribution in [2.75, 3.05) is 12.0 Å². The topological polar surface area (TPSA) is 73.1 Å². The smallest absolute Gasteiger partial charge is 0.171 e. The Kier molecular flexibility index (Phi) is 3.69. The molecule has 6 heteroatoms. The summed E-state index contributed by atoms with van der Waals surface area (Å²) in [5.41, 5.74) is 4.82. The Bertz CT molecular complexity index is 643. The van der Waals surface area contributed by atoms with E-state index < -0.39 is 0 Å². The van der Waals surface area contributed by atoms with Gasteiger partial charge in [-0.2, -0.15) is 0 Å². The fraction of sp³-hybridized carbons (Fsp3) is 0.467. The van der Waals surface area contributed by atoms with Crippen molar-refractivity contribution in [3.8, 4) is 10.7 Å². The van der Waals surface area contributed by atoms with Gasteiger partial charge in [0.25, 0.3) is 0 Å². The molecule has 0 spiro atoms. The first-order chi connectivity index (χ1) is 9.99. The number of nitrogen functional groups attached to an aromatic ring is 1. The molecule has 1 aliphatic rings. The third kappa shape index (κ3) is 2.79. The van der Waals surface area contributed by atoms with E-state index in [0.29, 0.717) is 19.0 Å². The number of nitrogens with zero attached hydrogens (tertiary/aromatic N) is 2. The van der Waals surface area contributed by atoms with Crippen LogP contribution in [0.2, 0.25) is 0 Å². The second kappa shape index (κ2) is 5.36. The van der Waals surface area contributed by atoms with Crippen molar-refractivity contribution in [1.82, 2.24) is 9.97 Å². The molecule has 0 saturated heterocycles. The summed E-state index contributed by atoms with van der Waals surface area (Å²) >= 11 is 1.74. The van der Waals surface area contributed by atoms with E-state index in [4.69, 9.17) is 15.6 Å². The normalized spacial score (nSPS) is 14.9. The number of hydrogen-bond acceptors (Lipinski definition) is 6. The van der Waals surface area contributed by atoms with Crippen molar-refractivity contribution in [2.24, 2.45) is 5.84 Å². The molecular formula is C15H20N4OS. The lowest BCUT2D eigenvalue weighted by atomic mass is 9.95. The number of fused-ring (bicyclic) bond motifs is 1. The van der Waals surface area contributed by atoms with Crippen LogP contribution in [0.25, 0.3) is 10.7 Å². The van der Waals surface area contributed by atoms with Crippen LogP contribution in [0.1, 0.15) is 36.9 Å². The van der Waals surface area contributed by atoms with Crippen LogP contribution in [-0.4, -0.2) is 16.6 Å². The molecule has 0 fully saturated rings. The molecule has 2 aromatic rings. The van der Waals surface area contributed by atoms with Gasteiger partial charge in [0.1, 0.15) is 5.82 Å². The summed E-state index contributed by atoms with van der Waals surface area (Å²) in [6.07, 6.45) is 0.803. The van der Waals surface area contributed by atoms with Crippen molar-refractivity contribution in [3.05, 3.63) is 28.3 Å². The van der Waals surface area contributed by atoms with Crippen LogP contribution in [0.15, 0.2) is 12.1 Å². The summed E-state index contributed by atoms with van der Waals surface area (Å²) in [6.45, 7) is 7.85. The van der Waals surface area contributed by atoms with E-state index in [-0.39, 0.29) is 5.41 Å². The van der Waals surface area contributed by atoms with E-state index in [2.05, 4.69) is 43.3 Å². The van der Waals surface area contributed by atoms with Gasteiger partial charge in [-0.25, -0.2) is 15.8 Å². The second-order valence-electron chi connectivity index (χ2n) is 6.18. The molecule has 0 atom stereocenters. The fourth-order valence-corrected chi connectivity index (χ4v) is 3.32. The number of aromatic nitrogens is 2. The maximum absolute atomic E-state index is 5.60. The molecule has 0 radical (unpaired) electrons. The third-order valence-corrected chi connectivity index (χ3v) is 5.03. The van der Waals surface area contributed by atoms with Crippen LogP contribution in [0.4, 0.5) is 5.82 Å². The van der Waals surface area contributed by atoms with Crippen LogP contribution >= 0.6 is 11.3 Å². The monoisotopic (exact) mass is 304 g/mol. The molecule has 112 valence electrons.